The Morgan fingerprint density at radius 3 is 2.84 bits per heavy atom. The van der Waals surface area contributed by atoms with Crippen molar-refractivity contribution >= 4 is 22.8 Å². The number of aromatic nitrogens is 5. The molecule has 0 fully saturated rings. The van der Waals surface area contributed by atoms with Gasteiger partial charge in [0.1, 0.15) is 17.7 Å². The number of nitrogens with zero attached hydrogens (tertiary/aromatic N) is 3. The molecule has 5 heterocycles. The largest absolute Gasteiger partial charge is 0.452 e. The van der Waals surface area contributed by atoms with E-state index in [1.165, 1.54) is 6.26 Å². The Morgan fingerprint density at radius 1 is 1.16 bits per heavy atom. The van der Waals surface area contributed by atoms with E-state index >= 15 is 0 Å². The van der Waals surface area contributed by atoms with Gasteiger partial charge in [-0.1, -0.05) is 11.2 Å². The van der Waals surface area contributed by atoms with Gasteiger partial charge in [-0.2, -0.15) is 5.10 Å². The molecule has 0 bridgehead atoms. The zero-order chi connectivity index (χ0) is 16.7. The lowest BCUT2D eigenvalue weighted by Gasteiger charge is -2.26. The first-order chi connectivity index (χ1) is 12.4. The number of imidazole rings is 1. The Balaban J connectivity index is 1.70. The molecule has 1 aliphatic rings. The lowest BCUT2D eigenvalue weighted by atomic mass is 10.1. The molecule has 1 atom stereocenters. The van der Waals surface area contributed by atoms with Crippen molar-refractivity contribution in [3.8, 4) is 0 Å². The van der Waals surface area contributed by atoms with Gasteiger partial charge in [0.2, 0.25) is 0 Å². The van der Waals surface area contributed by atoms with E-state index in [0.29, 0.717) is 23.0 Å². The number of rotatable bonds is 4. The first-order valence-corrected chi connectivity index (χ1v) is 8.40. The highest BCUT2D eigenvalue weighted by Crippen LogP contribution is 2.45. The van der Waals surface area contributed by atoms with Crippen LogP contribution >= 0.6 is 11.3 Å². The summed E-state index contributed by atoms with van der Waals surface area (Å²) in [5, 5.41) is 16.5. The molecule has 0 radical (unpaired) electrons. The van der Waals surface area contributed by atoms with Crippen LogP contribution in [0.25, 0.3) is 11.5 Å². The molecule has 25 heavy (non-hydrogen) atoms. The van der Waals surface area contributed by atoms with Crippen LogP contribution in [0.4, 0.5) is 0 Å². The molecule has 0 spiro atoms. The highest BCUT2D eigenvalue weighted by Gasteiger charge is 2.48. The molecule has 3 N–H and O–H groups in total. The smallest absolute Gasteiger partial charge is 0.263 e. The van der Waals surface area contributed by atoms with Gasteiger partial charge in [-0.3, -0.25) is 5.10 Å². The molecule has 8 nitrogen and oxygen atoms in total. The average molecular weight is 352 g/mol. The van der Waals surface area contributed by atoms with E-state index in [9.17, 15) is 0 Å². The van der Waals surface area contributed by atoms with E-state index < -0.39 is 5.72 Å². The van der Waals surface area contributed by atoms with E-state index in [0.717, 1.165) is 10.6 Å². The molecule has 1 aliphatic heterocycles. The fourth-order valence-electron chi connectivity index (χ4n) is 2.83. The van der Waals surface area contributed by atoms with E-state index in [1.54, 1.807) is 36.0 Å². The molecule has 0 aliphatic carbocycles. The lowest BCUT2D eigenvalue weighted by Crippen LogP contribution is -2.39. The number of hydrogen-bond acceptors (Lipinski definition) is 7. The number of nitrogens with one attached hydrogen (secondary N) is 3. The summed E-state index contributed by atoms with van der Waals surface area (Å²) in [5.41, 5.74) is 1.07. The predicted molar refractivity (Wildman–Crippen MR) is 89.8 cm³/mol. The van der Waals surface area contributed by atoms with Crippen molar-refractivity contribution in [2.45, 2.75) is 5.72 Å². The zero-order valence-electron chi connectivity index (χ0n) is 12.8. The van der Waals surface area contributed by atoms with Crippen molar-refractivity contribution in [1.82, 2.24) is 30.6 Å². The maximum Gasteiger partial charge on any atom is 0.263 e. The second-order valence-electron chi connectivity index (χ2n) is 5.38. The highest BCUT2D eigenvalue weighted by atomic mass is 32.1. The maximum atomic E-state index is 6.44. The van der Waals surface area contributed by atoms with Crippen LogP contribution in [0.2, 0.25) is 0 Å². The molecule has 0 amide bonds. The second kappa shape index (κ2) is 5.35. The molecule has 0 saturated carbocycles. The summed E-state index contributed by atoms with van der Waals surface area (Å²) in [4.78, 5) is 8.41. The van der Waals surface area contributed by atoms with Gasteiger partial charge in [0.25, 0.3) is 5.72 Å². The van der Waals surface area contributed by atoms with Crippen LogP contribution in [-0.2, 0) is 10.5 Å². The predicted octanol–water partition coefficient (Wildman–Crippen LogP) is 2.53. The van der Waals surface area contributed by atoms with Crippen LogP contribution in [0.15, 0.2) is 59.0 Å². The molecule has 0 saturated heterocycles. The summed E-state index contributed by atoms with van der Waals surface area (Å²) in [6.45, 7) is 0. The first kappa shape index (κ1) is 14.1. The normalized spacial score (nSPS) is 19.8. The summed E-state index contributed by atoms with van der Waals surface area (Å²) < 4.78 is 11.5. The quantitative estimate of drug-likeness (QED) is 0.521. The van der Waals surface area contributed by atoms with E-state index in [-0.39, 0.29) is 0 Å². The third kappa shape index (κ3) is 2.09. The van der Waals surface area contributed by atoms with Gasteiger partial charge in [0.05, 0.1) is 4.88 Å². The van der Waals surface area contributed by atoms with Gasteiger partial charge in [-0.15, -0.1) is 11.3 Å². The third-order valence-electron chi connectivity index (χ3n) is 3.93. The Hall–Kier alpha value is -3.33. The Labute approximate surface area is 145 Å². The first-order valence-electron chi connectivity index (χ1n) is 7.52. The number of aromatic amines is 2. The molecular weight excluding hydrogens is 340 g/mol. The second-order valence-corrected chi connectivity index (χ2v) is 6.33. The lowest BCUT2D eigenvalue weighted by molar-refractivity contribution is 0.0746. The monoisotopic (exact) mass is 352 g/mol. The summed E-state index contributed by atoms with van der Waals surface area (Å²) in [6.07, 6.45) is 6.65. The topological polar surface area (TPSA) is 105 Å². The molecule has 4 aromatic heterocycles. The molecule has 0 aromatic carbocycles. The molecule has 4 aromatic rings. The van der Waals surface area contributed by atoms with Crippen LogP contribution in [0.3, 0.4) is 0 Å². The average Bonchev–Trinajstić information content (AvgIpc) is 3.49. The van der Waals surface area contributed by atoms with Crippen LogP contribution < -0.4 is 5.32 Å². The molecule has 5 rings (SSSR count). The molecular formula is C16H12N6O2S. The van der Waals surface area contributed by atoms with Crippen LogP contribution in [0, 0.1) is 0 Å². The Bertz CT molecular complexity index is 905. The van der Waals surface area contributed by atoms with Gasteiger partial charge in [0.15, 0.2) is 17.3 Å². The van der Waals surface area contributed by atoms with Crippen molar-refractivity contribution in [3.63, 3.8) is 0 Å². The number of hydrogen-bond donors (Lipinski definition) is 3. The maximum absolute atomic E-state index is 6.44. The fraction of sp³-hybridized carbons (Fsp3) is 0.0625. The van der Waals surface area contributed by atoms with E-state index in [1.807, 2.05) is 23.6 Å². The SMILES string of the molecule is c1csc(C2(c3ccon3)NC(c3ncc[nH]3)=C(c3ccn[nH]3)O2)c1. The van der Waals surface area contributed by atoms with E-state index in [2.05, 4.69) is 30.6 Å². The van der Waals surface area contributed by atoms with Gasteiger partial charge in [-0.05, 0) is 17.5 Å². The van der Waals surface area contributed by atoms with Crippen molar-refractivity contribution in [2.75, 3.05) is 0 Å². The van der Waals surface area contributed by atoms with Gasteiger partial charge in [0, 0.05) is 24.7 Å². The Kier molecular flexibility index (Phi) is 3.01. The fourth-order valence-corrected chi connectivity index (χ4v) is 3.65. The molecule has 1 unspecified atom stereocenters. The van der Waals surface area contributed by atoms with Gasteiger partial charge >= 0.3 is 0 Å². The van der Waals surface area contributed by atoms with Crippen molar-refractivity contribution in [1.29, 1.82) is 0 Å². The van der Waals surface area contributed by atoms with Crippen molar-refractivity contribution in [3.05, 3.63) is 76.6 Å². The van der Waals surface area contributed by atoms with Gasteiger partial charge in [-0.25, -0.2) is 4.98 Å². The number of ether oxygens (including phenoxy) is 1. The summed E-state index contributed by atoms with van der Waals surface area (Å²) in [7, 11) is 0. The Morgan fingerprint density at radius 2 is 2.16 bits per heavy atom. The molecule has 124 valence electrons. The van der Waals surface area contributed by atoms with Crippen molar-refractivity contribution in [2.24, 2.45) is 0 Å². The zero-order valence-corrected chi connectivity index (χ0v) is 13.6. The van der Waals surface area contributed by atoms with Gasteiger partial charge < -0.3 is 19.6 Å². The minimum Gasteiger partial charge on any atom is -0.452 e. The van der Waals surface area contributed by atoms with Crippen LogP contribution in [0.5, 0.6) is 0 Å². The standard InChI is InChI=1S/C16H12N6O2S/c1-2-12(25-9-1)16(11-4-8-23-22-11)20-13(15-17-6-7-18-15)14(24-16)10-3-5-19-21-10/h1-9,20H,(H,17,18)(H,19,21). The van der Waals surface area contributed by atoms with Crippen LogP contribution in [-0.4, -0.2) is 25.3 Å². The minimum absolute atomic E-state index is 0.601. The number of H-pyrrole nitrogens is 2. The third-order valence-corrected chi connectivity index (χ3v) is 4.90. The highest BCUT2D eigenvalue weighted by molar-refractivity contribution is 7.10. The van der Waals surface area contributed by atoms with E-state index in [4.69, 9.17) is 9.26 Å². The molecule has 9 heteroatoms. The minimum atomic E-state index is -0.996. The van der Waals surface area contributed by atoms with Crippen molar-refractivity contribution < 1.29 is 9.26 Å². The number of thiophene rings is 1. The van der Waals surface area contributed by atoms with Crippen LogP contribution in [0.1, 0.15) is 22.1 Å². The summed E-state index contributed by atoms with van der Waals surface area (Å²) in [6, 6.07) is 7.57. The summed E-state index contributed by atoms with van der Waals surface area (Å²) in [5.74, 6) is 1.26. The summed E-state index contributed by atoms with van der Waals surface area (Å²) >= 11 is 1.56.